The second-order valence-corrected chi connectivity index (χ2v) is 5.53. The third-order valence-electron chi connectivity index (χ3n) is 2.52. The number of hydrogen-bond donors (Lipinski definition) is 0. The zero-order valence-electron chi connectivity index (χ0n) is 9.41. The molecule has 18 heavy (non-hydrogen) atoms. The molecule has 0 spiro atoms. The van der Waals surface area contributed by atoms with Gasteiger partial charge in [-0.1, -0.05) is 23.7 Å². The Morgan fingerprint density at radius 1 is 1.33 bits per heavy atom. The highest BCUT2D eigenvalue weighted by Gasteiger charge is 2.23. The van der Waals surface area contributed by atoms with Crippen LogP contribution in [0.15, 0.2) is 29.6 Å². The molecule has 1 nitrogen and oxygen atoms in total. The van der Waals surface area contributed by atoms with E-state index < -0.39 is 5.38 Å². The number of halogens is 3. The van der Waals surface area contributed by atoms with E-state index in [-0.39, 0.29) is 11.6 Å². The molecule has 1 aromatic heterocycles. The van der Waals surface area contributed by atoms with Crippen molar-refractivity contribution in [2.45, 2.75) is 12.3 Å². The Hall–Kier alpha value is -0.900. The maximum Gasteiger partial charge on any atom is 0.196 e. The molecule has 1 aromatic carbocycles. The van der Waals surface area contributed by atoms with Crippen molar-refractivity contribution in [1.29, 1.82) is 0 Å². The van der Waals surface area contributed by atoms with Crippen LogP contribution >= 0.6 is 34.5 Å². The Morgan fingerprint density at radius 2 is 1.94 bits per heavy atom. The minimum Gasteiger partial charge on any atom is -0.291 e. The van der Waals surface area contributed by atoms with Gasteiger partial charge in [-0.15, -0.1) is 22.9 Å². The minimum atomic E-state index is -0.846. The van der Waals surface area contributed by atoms with Crippen molar-refractivity contribution < 1.29 is 9.18 Å². The first-order valence-corrected chi connectivity index (χ1v) is 6.87. The first-order chi connectivity index (χ1) is 8.50. The average Bonchev–Trinajstić information content (AvgIpc) is 2.69. The summed E-state index contributed by atoms with van der Waals surface area (Å²) in [5.74, 6) is -0.619. The molecule has 2 rings (SSSR count). The van der Waals surface area contributed by atoms with E-state index in [2.05, 4.69) is 0 Å². The van der Waals surface area contributed by atoms with Gasteiger partial charge in [0.15, 0.2) is 5.78 Å². The second kappa shape index (κ2) is 5.39. The lowest BCUT2D eigenvalue weighted by atomic mass is 10.1. The lowest BCUT2D eigenvalue weighted by Crippen LogP contribution is -2.06. The molecule has 0 fully saturated rings. The lowest BCUT2D eigenvalue weighted by molar-refractivity contribution is 0.0991. The number of alkyl halides is 1. The molecule has 1 atom stereocenters. The van der Waals surface area contributed by atoms with Gasteiger partial charge < -0.3 is 0 Å². The van der Waals surface area contributed by atoms with Crippen molar-refractivity contribution in [2.24, 2.45) is 0 Å². The van der Waals surface area contributed by atoms with E-state index in [9.17, 15) is 9.18 Å². The molecule has 2 aromatic rings. The Bertz CT molecular complexity index is 577. The van der Waals surface area contributed by atoms with Gasteiger partial charge in [0.2, 0.25) is 0 Å². The van der Waals surface area contributed by atoms with Crippen molar-refractivity contribution in [2.75, 3.05) is 0 Å². The highest BCUT2D eigenvalue weighted by atomic mass is 35.5. The highest BCUT2D eigenvalue weighted by molar-refractivity contribution is 7.13. The predicted octanol–water partition coefficient (Wildman–Crippen LogP) is 5.01. The zero-order chi connectivity index (χ0) is 13.3. The maximum atomic E-state index is 12.8. The summed E-state index contributed by atoms with van der Waals surface area (Å²) in [6, 6.07) is 5.55. The lowest BCUT2D eigenvalue weighted by Gasteiger charge is -2.08. The molecular weight excluding hydrogens is 294 g/mol. The first kappa shape index (κ1) is 13.5. The van der Waals surface area contributed by atoms with Crippen LogP contribution in [0.25, 0.3) is 0 Å². The molecule has 0 amide bonds. The Morgan fingerprint density at radius 3 is 2.44 bits per heavy atom. The number of carbonyl (C=O) groups is 1. The third-order valence-corrected chi connectivity index (χ3v) is 4.68. The molecule has 0 aliphatic carbocycles. The van der Waals surface area contributed by atoms with Gasteiger partial charge in [-0.3, -0.25) is 4.79 Å². The summed E-state index contributed by atoms with van der Waals surface area (Å²) < 4.78 is 12.8. The topological polar surface area (TPSA) is 17.1 Å². The number of rotatable bonds is 3. The fraction of sp³-hybridized carbons (Fsp3) is 0.154. The predicted molar refractivity (Wildman–Crippen MR) is 73.4 cm³/mol. The summed E-state index contributed by atoms with van der Waals surface area (Å²) in [5.41, 5.74) is 1.41. The quantitative estimate of drug-likeness (QED) is 0.575. The first-order valence-electron chi connectivity index (χ1n) is 5.18. The van der Waals surface area contributed by atoms with E-state index in [1.807, 2.05) is 12.3 Å². The average molecular weight is 303 g/mol. The summed E-state index contributed by atoms with van der Waals surface area (Å²) in [5, 5.41) is 1.41. The SMILES string of the molecule is Cc1csc(C(=O)C(Cl)c2ccc(F)cc2)c1Cl. The van der Waals surface area contributed by atoms with Crippen LogP contribution < -0.4 is 0 Å². The molecule has 0 saturated heterocycles. The van der Waals surface area contributed by atoms with Crippen molar-refractivity contribution >= 4 is 40.3 Å². The van der Waals surface area contributed by atoms with Crippen LogP contribution in [0.5, 0.6) is 0 Å². The monoisotopic (exact) mass is 302 g/mol. The van der Waals surface area contributed by atoms with E-state index in [4.69, 9.17) is 23.2 Å². The number of Topliss-reactive ketones (excluding diaryl/α,β-unsaturated/α-hetero) is 1. The molecule has 0 N–H and O–H groups in total. The molecular formula is C13H9Cl2FOS. The fourth-order valence-corrected chi connectivity index (χ4v) is 3.07. The third kappa shape index (κ3) is 2.58. The molecule has 0 radical (unpaired) electrons. The number of thiophene rings is 1. The van der Waals surface area contributed by atoms with Gasteiger partial charge in [-0.25, -0.2) is 4.39 Å². The second-order valence-electron chi connectivity index (χ2n) is 3.84. The standard InChI is InChI=1S/C13H9Cl2FOS/c1-7-6-18-13(10(7)14)12(17)11(15)8-2-4-9(16)5-3-8/h2-6,11H,1H3. The Labute approximate surface area is 118 Å². The Kier molecular flexibility index (Phi) is 4.05. The summed E-state index contributed by atoms with van der Waals surface area (Å²) in [7, 11) is 0. The van der Waals surface area contributed by atoms with Crippen molar-refractivity contribution in [3.05, 3.63) is 56.5 Å². The van der Waals surface area contributed by atoms with Gasteiger partial charge >= 0.3 is 0 Å². The van der Waals surface area contributed by atoms with E-state index in [0.717, 1.165) is 5.56 Å². The van der Waals surface area contributed by atoms with Gasteiger partial charge in [0, 0.05) is 0 Å². The largest absolute Gasteiger partial charge is 0.291 e. The van der Waals surface area contributed by atoms with Gasteiger partial charge in [0.1, 0.15) is 11.2 Å². The van der Waals surface area contributed by atoms with Crippen LogP contribution in [0.1, 0.15) is 26.2 Å². The zero-order valence-corrected chi connectivity index (χ0v) is 11.7. The van der Waals surface area contributed by atoms with Crippen LogP contribution in [0.3, 0.4) is 0 Å². The van der Waals surface area contributed by atoms with E-state index in [1.165, 1.54) is 35.6 Å². The van der Waals surface area contributed by atoms with Gasteiger partial charge in [0.25, 0.3) is 0 Å². The molecule has 0 saturated carbocycles. The summed E-state index contributed by atoms with van der Waals surface area (Å²) >= 11 is 13.4. The molecule has 1 unspecified atom stereocenters. The Balaban J connectivity index is 2.29. The van der Waals surface area contributed by atoms with E-state index in [0.29, 0.717) is 15.5 Å². The summed E-state index contributed by atoms with van der Waals surface area (Å²) in [4.78, 5) is 12.6. The number of hydrogen-bond acceptors (Lipinski definition) is 2. The normalized spacial score (nSPS) is 12.4. The van der Waals surface area contributed by atoms with Crippen molar-refractivity contribution in [3.63, 3.8) is 0 Å². The molecule has 1 heterocycles. The molecule has 0 bridgehead atoms. The number of carbonyl (C=O) groups excluding carboxylic acids is 1. The van der Waals surface area contributed by atoms with E-state index >= 15 is 0 Å². The van der Waals surface area contributed by atoms with Crippen LogP contribution in [0.2, 0.25) is 5.02 Å². The smallest absolute Gasteiger partial charge is 0.196 e. The van der Waals surface area contributed by atoms with Crippen molar-refractivity contribution in [1.82, 2.24) is 0 Å². The highest BCUT2D eigenvalue weighted by Crippen LogP contribution is 2.33. The van der Waals surface area contributed by atoms with Crippen LogP contribution in [-0.2, 0) is 0 Å². The molecule has 5 heteroatoms. The maximum absolute atomic E-state index is 12.8. The number of benzene rings is 1. The van der Waals surface area contributed by atoms with Crippen LogP contribution in [-0.4, -0.2) is 5.78 Å². The molecule has 0 aliphatic rings. The summed E-state index contributed by atoms with van der Waals surface area (Å²) in [6.07, 6.45) is 0. The summed E-state index contributed by atoms with van der Waals surface area (Å²) in [6.45, 7) is 1.83. The molecule has 94 valence electrons. The number of aryl methyl sites for hydroxylation is 1. The van der Waals surface area contributed by atoms with Crippen LogP contribution in [0, 0.1) is 12.7 Å². The van der Waals surface area contributed by atoms with E-state index in [1.54, 1.807) is 0 Å². The molecule has 0 aliphatic heterocycles. The van der Waals surface area contributed by atoms with Gasteiger partial charge in [-0.05, 0) is 35.6 Å². The fourth-order valence-electron chi connectivity index (χ4n) is 1.49. The van der Waals surface area contributed by atoms with Crippen molar-refractivity contribution in [3.8, 4) is 0 Å². The van der Waals surface area contributed by atoms with Crippen LogP contribution in [0.4, 0.5) is 4.39 Å². The number of ketones is 1. The van der Waals surface area contributed by atoms with Gasteiger partial charge in [0.05, 0.1) is 9.90 Å². The minimum absolute atomic E-state index is 0.258. The van der Waals surface area contributed by atoms with Gasteiger partial charge in [-0.2, -0.15) is 0 Å².